The lowest BCUT2D eigenvalue weighted by molar-refractivity contribution is 0.111. The normalized spacial score (nSPS) is 21.3. The lowest BCUT2D eigenvalue weighted by Gasteiger charge is -2.39. The van der Waals surface area contributed by atoms with Crippen LogP contribution >= 0.6 is 0 Å². The van der Waals surface area contributed by atoms with Crippen molar-refractivity contribution in [3.8, 4) is 0 Å². The maximum atomic E-state index is 4.62. The highest BCUT2D eigenvalue weighted by Crippen LogP contribution is 2.33. The number of hydrogen-bond acceptors (Lipinski definition) is 3. The zero-order valence-corrected chi connectivity index (χ0v) is 12.0. The molecule has 1 aliphatic rings. The fourth-order valence-electron chi connectivity index (χ4n) is 2.97. The molecule has 0 saturated carbocycles. The molecule has 1 N–H and O–H groups in total. The van der Waals surface area contributed by atoms with Crippen molar-refractivity contribution in [1.29, 1.82) is 0 Å². The number of pyridine rings is 1. The average Bonchev–Trinajstić information content (AvgIpc) is 2.38. The standard InChI is InChI=1S/C15H25N3/c1-11(2)18-10-6-5-7-14(18)13-8-9-15(16-4)17-12(13)3/h8-9,11,14H,5-7,10H2,1-4H3,(H,16,17)/t14-/m0/s1. The summed E-state index contributed by atoms with van der Waals surface area (Å²) in [5.41, 5.74) is 2.57. The van der Waals surface area contributed by atoms with Crippen LogP contribution in [0, 0.1) is 6.92 Å². The summed E-state index contributed by atoms with van der Waals surface area (Å²) in [6.07, 6.45) is 3.93. The van der Waals surface area contributed by atoms with E-state index in [1.54, 1.807) is 0 Å². The highest BCUT2D eigenvalue weighted by molar-refractivity contribution is 5.39. The molecule has 0 aromatic carbocycles. The van der Waals surface area contributed by atoms with Gasteiger partial charge in [-0.25, -0.2) is 4.98 Å². The monoisotopic (exact) mass is 247 g/mol. The van der Waals surface area contributed by atoms with Crippen molar-refractivity contribution in [2.75, 3.05) is 18.9 Å². The molecular formula is C15H25N3. The minimum Gasteiger partial charge on any atom is -0.373 e. The minimum absolute atomic E-state index is 0.553. The van der Waals surface area contributed by atoms with E-state index in [9.17, 15) is 0 Å². The number of nitrogens with one attached hydrogen (secondary N) is 1. The zero-order chi connectivity index (χ0) is 13.1. The Kier molecular flexibility index (Phi) is 4.23. The molecule has 0 unspecified atom stereocenters. The third-order valence-electron chi connectivity index (χ3n) is 3.95. The molecule has 2 rings (SSSR count). The summed E-state index contributed by atoms with van der Waals surface area (Å²) in [5, 5.41) is 3.11. The molecule has 1 saturated heterocycles. The molecule has 0 bridgehead atoms. The topological polar surface area (TPSA) is 28.2 Å². The van der Waals surface area contributed by atoms with E-state index >= 15 is 0 Å². The Morgan fingerprint density at radius 3 is 2.72 bits per heavy atom. The van der Waals surface area contributed by atoms with E-state index < -0.39 is 0 Å². The first-order chi connectivity index (χ1) is 8.63. The van der Waals surface area contributed by atoms with Crippen LogP contribution in [0.4, 0.5) is 5.82 Å². The van der Waals surface area contributed by atoms with E-state index in [2.05, 4.69) is 48.1 Å². The van der Waals surface area contributed by atoms with Gasteiger partial charge in [0, 0.05) is 24.8 Å². The predicted molar refractivity (Wildman–Crippen MR) is 77.0 cm³/mol. The molecule has 1 atom stereocenters. The molecular weight excluding hydrogens is 222 g/mol. The van der Waals surface area contributed by atoms with E-state index in [-0.39, 0.29) is 0 Å². The van der Waals surface area contributed by atoms with Crippen LogP contribution in [0.3, 0.4) is 0 Å². The first-order valence-electron chi connectivity index (χ1n) is 7.04. The number of anilines is 1. The van der Waals surface area contributed by atoms with Crippen molar-refractivity contribution in [2.24, 2.45) is 0 Å². The van der Waals surface area contributed by atoms with Crippen LogP contribution in [0.25, 0.3) is 0 Å². The number of likely N-dealkylation sites (tertiary alicyclic amines) is 1. The molecule has 0 aliphatic carbocycles. The van der Waals surface area contributed by atoms with Crippen molar-refractivity contribution < 1.29 is 0 Å². The van der Waals surface area contributed by atoms with Gasteiger partial charge in [0.05, 0.1) is 0 Å². The van der Waals surface area contributed by atoms with Crippen LogP contribution in [0.1, 0.15) is 50.4 Å². The summed E-state index contributed by atoms with van der Waals surface area (Å²) in [4.78, 5) is 7.24. The van der Waals surface area contributed by atoms with Crippen LogP contribution in [0.5, 0.6) is 0 Å². The summed E-state index contributed by atoms with van der Waals surface area (Å²) < 4.78 is 0. The van der Waals surface area contributed by atoms with E-state index in [4.69, 9.17) is 0 Å². The van der Waals surface area contributed by atoms with Gasteiger partial charge in [-0.05, 0) is 51.8 Å². The summed E-state index contributed by atoms with van der Waals surface area (Å²) >= 11 is 0. The molecule has 1 aromatic heterocycles. The third-order valence-corrected chi connectivity index (χ3v) is 3.95. The smallest absolute Gasteiger partial charge is 0.125 e. The molecule has 3 nitrogen and oxygen atoms in total. The average molecular weight is 247 g/mol. The van der Waals surface area contributed by atoms with Crippen molar-refractivity contribution in [2.45, 2.75) is 52.1 Å². The highest BCUT2D eigenvalue weighted by atomic mass is 15.2. The number of aromatic nitrogens is 1. The second-order valence-electron chi connectivity index (χ2n) is 5.46. The molecule has 18 heavy (non-hydrogen) atoms. The maximum Gasteiger partial charge on any atom is 0.125 e. The molecule has 0 spiro atoms. The molecule has 1 fully saturated rings. The molecule has 3 heteroatoms. The van der Waals surface area contributed by atoms with Gasteiger partial charge < -0.3 is 5.32 Å². The number of aryl methyl sites for hydroxylation is 1. The van der Waals surface area contributed by atoms with Gasteiger partial charge in [0.1, 0.15) is 5.82 Å². The molecule has 1 aromatic rings. The van der Waals surface area contributed by atoms with Crippen LogP contribution in [-0.2, 0) is 0 Å². The van der Waals surface area contributed by atoms with Gasteiger partial charge in [0.2, 0.25) is 0 Å². The Balaban J connectivity index is 2.28. The van der Waals surface area contributed by atoms with Crippen molar-refractivity contribution in [1.82, 2.24) is 9.88 Å². The SMILES string of the molecule is CNc1ccc([C@@H]2CCCCN2C(C)C)c(C)n1. The second-order valence-corrected chi connectivity index (χ2v) is 5.46. The molecule has 2 heterocycles. The van der Waals surface area contributed by atoms with Gasteiger partial charge in [0.15, 0.2) is 0 Å². The van der Waals surface area contributed by atoms with Crippen LogP contribution in [0.2, 0.25) is 0 Å². The molecule has 0 radical (unpaired) electrons. The Morgan fingerprint density at radius 1 is 1.33 bits per heavy atom. The van der Waals surface area contributed by atoms with E-state index in [0.717, 1.165) is 5.82 Å². The van der Waals surface area contributed by atoms with Crippen molar-refractivity contribution in [3.63, 3.8) is 0 Å². The van der Waals surface area contributed by atoms with E-state index in [0.29, 0.717) is 12.1 Å². The Morgan fingerprint density at radius 2 is 2.11 bits per heavy atom. The summed E-state index contributed by atoms with van der Waals surface area (Å²) in [7, 11) is 1.92. The van der Waals surface area contributed by atoms with Crippen LogP contribution < -0.4 is 5.32 Å². The van der Waals surface area contributed by atoms with E-state index in [1.165, 1.54) is 37.1 Å². The van der Waals surface area contributed by atoms with E-state index in [1.807, 2.05) is 7.05 Å². The van der Waals surface area contributed by atoms with Crippen molar-refractivity contribution >= 4 is 5.82 Å². The van der Waals surface area contributed by atoms with Gasteiger partial charge in [-0.1, -0.05) is 12.5 Å². The molecule has 0 amide bonds. The fraction of sp³-hybridized carbons (Fsp3) is 0.667. The largest absolute Gasteiger partial charge is 0.373 e. The summed E-state index contributed by atoms with van der Waals surface area (Å²) in [6, 6.07) is 5.51. The van der Waals surface area contributed by atoms with Crippen molar-refractivity contribution in [3.05, 3.63) is 23.4 Å². The molecule has 100 valence electrons. The first-order valence-corrected chi connectivity index (χ1v) is 7.04. The Labute approximate surface area is 111 Å². The Bertz CT molecular complexity index is 401. The van der Waals surface area contributed by atoms with Gasteiger partial charge >= 0.3 is 0 Å². The lowest BCUT2D eigenvalue weighted by Crippen LogP contribution is -2.38. The highest BCUT2D eigenvalue weighted by Gasteiger charge is 2.27. The number of rotatable bonds is 3. The second kappa shape index (κ2) is 5.70. The summed E-state index contributed by atoms with van der Waals surface area (Å²) in [5.74, 6) is 0.961. The number of piperidine rings is 1. The number of hydrogen-bond donors (Lipinski definition) is 1. The van der Waals surface area contributed by atoms with Gasteiger partial charge in [-0.15, -0.1) is 0 Å². The minimum atomic E-state index is 0.553. The number of nitrogens with zero attached hydrogens (tertiary/aromatic N) is 2. The Hall–Kier alpha value is -1.09. The first kappa shape index (κ1) is 13.3. The van der Waals surface area contributed by atoms with Gasteiger partial charge in [-0.3, -0.25) is 4.90 Å². The zero-order valence-electron chi connectivity index (χ0n) is 12.0. The summed E-state index contributed by atoms with van der Waals surface area (Å²) in [6.45, 7) is 7.94. The van der Waals surface area contributed by atoms with Gasteiger partial charge in [0.25, 0.3) is 0 Å². The maximum absolute atomic E-state index is 4.62. The lowest BCUT2D eigenvalue weighted by atomic mass is 9.93. The predicted octanol–water partition coefficient (Wildman–Crippen LogP) is 3.37. The fourth-order valence-corrected chi connectivity index (χ4v) is 2.97. The third kappa shape index (κ3) is 2.66. The quantitative estimate of drug-likeness (QED) is 0.887. The van der Waals surface area contributed by atoms with Crippen LogP contribution in [0.15, 0.2) is 12.1 Å². The van der Waals surface area contributed by atoms with Gasteiger partial charge in [-0.2, -0.15) is 0 Å². The van der Waals surface area contributed by atoms with Crippen LogP contribution in [-0.4, -0.2) is 29.5 Å². The molecule has 1 aliphatic heterocycles.